The quantitative estimate of drug-likeness (QED) is 0.825. The van der Waals surface area contributed by atoms with E-state index in [1.54, 1.807) is 18.2 Å². The first kappa shape index (κ1) is 19.8. The lowest BCUT2D eigenvalue weighted by molar-refractivity contribution is -0.119. The van der Waals surface area contributed by atoms with E-state index in [4.69, 9.17) is 11.6 Å². The van der Waals surface area contributed by atoms with Crippen molar-refractivity contribution in [2.45, 2.75) is 20.0 Å². The van der Waals surface area contributed by atoms with Gasteiger partial charge in [-0.1, -0.05) is 17.7 Å². The van der Waals surface area contributed by atoms with E-state index in [1.807, 2.05) is 11.0 Å². The number of rotatable bonds is 5. The van der Waals surface area contributed by atoms with Crippen molar-refractivity contribution < 1.29 is 14.0 Å². The summed E-state index contributed by atoms with van der Waals surface area (Å²) in [5, 5.41) is 3.16. The molecule has 0 aliphatic carbocycles. The Kier molecular flexibility index (Phi) is 6.46. The summed E-state index contributed by atoms with van der Waals surface area (Å²) in [7, 11) is 0. The molecule has 0 bridgehead atoms. The molecule has 144 valence electrons. The third-order valence-corrected chi connectivity index (χ3v) is 5.91. The SMILES string of the molecule is CC(=O)NCc1ccc(C(=O)N2CCN(Cc3c(F)cccc3Cl)CC2)s1. The highest BCUT2D eigenvalue weighted by atomic mass is 35.5. The van der Waals surface area contributed by atoms with Crippen LogP contribution < -0.4 is 5.32 Å². The van der Waals surface area contributed by atoms with E-state index in [0.717, 1.165) is 4.88 Å². The number of amides is 2. The van der Waals surface area contributed by atoms with Crippen LogP contribution in [0, 0.1) is 5.82 Å². The number of nitrogens with one attached hydrogen (secondary N) is 1. The lowest BCUT2D eigenvalue weighted by atomic mass is 10.2. The van der Waals surface area contributed by atoms with Gasteiger partial charge in [-0.3, -0.25) is 14.5 Å². The first-order valence-corrected chi connectivity index (χ1v) is 9.91. The first-order chi connectivity index (χ1) is 12.9. The van der Waals surface area contributed by atoms with Gasteiger partial charge in [-0.25, -0.2) is 4.39 Å². The van der Waals surface area contributed by atoms with Crippen molar-refractivity contribution in [1.29, 1.82) is 0 Å². The maximum absolute atomic E-state index is 13.9. The zero-order valence-corrected chi connectivity index (χ0v) is 16.6. The molecule has 0 atom stereocenters. The van der Waals surface area contributed by atoms with E-state index in [1.165, 1.54) is 24.3 Å². The lowest BCUT2D eigenvalue weighted by Gasteiger charge is -2.34. The highest BCUT2D eigenvalue weighted by Crippen LogP contribution is 2.23. The maximum atomic E-state index is 13.9. The smallest absolute Gasteiger partial charge is 0.264 e. The molecule has 2 aromatic rings. The van der Waals surface area contributed by atoms with Crippen molar-refractivity contribution in [2.24, 2.45) is 0 Å². The van der Waals surface area contributed by atoms with Gasteiger partial charge in [-0.2, -0.15) is 0 Å². The Balaban J connectivity index is 1.54. The zero-order valence-electron chi connectivity index (χ0n) is 15.0. The van der Waals surface area contributed by atoms with Crippen LogP contribution >= 0.6 is 22.9 Å². The van der Waals surface area contributed by atoms with Gasteiger partial charge in [0.05, 0.1) is 11.4 Å². The van der Waals surface area contributed by atoms with Crippen molar-refractivity contribution >= 4 is 34.8 Å². The number of hydrogen-bond acceptors (Lipinski definition) is 4. The average Bonchev–Trinajstić information content (AvgIpc) is 3.12. The van der Waals surface area contributed by atoms with Gasteiger partial charge >= 0.3 is 0 Å². The molecule has 2 amide bonds. The molecule has 1 N–H and O–H groups in total. The molecule has 0 spiro atoms. The van der Waals surface area contributed by atoms with Crippen LogP contribution in [-0.4, -0.2) is 47.8 Å². The highest BCUT2D eigenvalue weighted by Gasteiger charge is 2.24. The Hall–Kier alpha value is -1.96. The zero-order chi connectivity index (χ0) is 19.4. The van der Waals surface area contributed by atoms with Crippen LogP contribution in [0.3, 0.4) is 0 Å². The Labute approximate surface area is 166 Å². The number of hydrogen-bond donors (Lipinski definition) is 1. The normalized spacial score (nSPS) is 15.0. The van der Waals surface area contributed by atoms with Gasteiger partial charge < -0.3 is 10.2 Å². The number of thiophene rings is 1. The number of halogens is 2. The number of carbonyl (C=O) groups is 2. The van der Waals surface area contributed by atoms with Crippen molar-refractivity contribution in [3.63, 3.8) is 0 Å². The van der Waals surface area contributed by atoms with Crippen LogP contribution in [0.4, 0.5) is 4.39 Å². The van der Waals surface area contributed by atoms with Crippen LogP contribution in [0.15, 0.2) is 30.3 Å². The Morgan fingerprint density at radius 2 is 1.93 bits per heavy atom. The molecule has 2 heterocycles. The molecule has 8 heteroatoms. The Morgan fingerprint density at radius 3 is 2.59 bits per heavy atom. The van der Waals surface area contributed by atoms with Crippen LogP contribution in [-0.2, 0) is 17.9 Å². The van der Waals surface area contributed by atoms with E-state index in [9.17, 15) is 14.0 Å². The second-order valence-electron chi connectivity index (χ2n) is 6.44. The molecule has 1 aromatic carbocycles. The highest BCUT2D eigenvalue weighted by molar-refractivity contribution is 7.14. The molecule has 1 aromatic heterocycles. The minimum absolute atomic E-state index is 0.00218. The van der Waals surface area contributed by atoms with Gasteiger partial charge in [0, 0.05) is 55.1 Å². The summed E-state index contributed by atoms with van der Waals surface area (Å²) in [6, 6.07) is 8.37. The van der Waals surface area contributed by atoms with Gasteiger partial charge in [0.1, 0.15) is 5.82 Å². The van der Waals surface area contributed by atoms with Gasteiger partial charge in [0.15, 0.2) is 0 Å². The molecular formula is C19H21ClFN3O2S. The maximum Gasteiger partial charge on any atom is 0.264 e. The number of benzene rings is 1. The Morgan fingerprint density at radius 1 is 1.19 bits per heavy atom. The summed E-state index contributed by atoms with van der Waals surface area (Å²) >= 11 is 7.50. The molecule has 1 aliphatic heterocycles. The fourth-order valence-electron chi connectivity index (χ4n) is 2.97. The minimum Gasteiger partial charge on any atom is -0.351 e. The number of nitrogens with zero attached hydrogens (tertiary/aromatic N) is 2. The fraction of sp³-hybridized carbons (Fsp3) is 0.368. The van der Waals surface area contributed by atoms with Gasteiger partial charge in [0.2, 0.25) is 5.91 Å². The third kappa shape index (κ3) is 5.06. The van der Waals surface area contributed by atoms with Gasteiger partial charge in [0.25, 0.3) is 5.91 Å². The molecule has 1 fully saturated rings. The number of carbonyl (C=O) groups excluding carboxylic acids is 2. The third-order valence-electron chi connectivity index (χ3n) is 4.49. The summed E-state index contributed by atoms with van der Waals surface area (Å²) in [6.45, 7) is 4.85. The summed E-state index contributed by atoms with van der Waals surface area (Å²) in [6.07, 6.45) is 0. The minimum atomic E-state index is -0.300. The molecular weight excluding hydrogens is 389 g/mol. The summed E-state index contributed by atoms with van der Waals surface area (Å²) in [4.78, 5) is 29.2. The molecule has 0 unspecified atom stereocenters. The Bertz CT molecular complexity index is 814. The predicted octanol–water partition coefficient (Wildman–Crippen LogP) is 3.13. The molecule has 3 rings (SSSR count). The first-order valence-electron chi connectivity index (χ1n) is 8.71. The van der Waals surface area contributed by atoms with Crippen LogP contribution in [0.5, 0.6) is 0 Å². The predicted molar refractivity (Wildman–Crippen MR) is 104 cm³/mol. The van der Waals surface area contributed by atoms with Crippen LogP contribution in [0.2, 0.25) is 5.02 Å². The second kappa shape index (κ2) is 8.82. The molecule has 5 nitrogen and oxygen atoms in total. The van der Waals surface area contributed by atoms with Crippen molar-refractivity contribution in [3.8, 4) is 0 Å². The lowest BCUT2D eigenvalue weighted by Crippen LogP contribution is -2.48. The van der Waals surface area contributed by atoms with E-state index in [2.05, 4.69) is 10.2 Å². The van der Waals surface area contributed by atoms with Gasteiger partial charge in [-0.05, 0) is 24.3 Å². The van der Waals surface area contributed by atoms with Crippen LogP contribution in [0.1, 0.15) is 27.0 Å². The molecule has 0 saturated carbocycles. The molecule has 27 heavy (non-hydrogen) atoms. The molecule has 0 radical (unpaired) electrons. The second-order valence-corrected chi connectivity index (χ2v) is 8.02. The molecule has 1 saturated heterocycles. The molecule has 1 aliphatic rings. The largest absolute Gasteiger partial charge is 0.351 e. The number of piperazine rings is 1. The topological polar surface area (TPSA) is 52.7 Å². The summed E-state index contributed by atoms with van der Waals surface area (Å²) in [5.41, 5.74) is 0.500. The average molecular weight is 410 g/mol. The van der Waals surface area contributed by atoms with Crippen molar-refractivity contribution in [1.82, 2.24) is 15.1 Å². The monoisotopic (exact) mass is 409 g/mol. The van der Waals surface area contributed by atoms with Crippen molar-refractivity contribution in [2.75, 3.05) is 26.2 Å². The van der Waals surface area contributed by atoms with E-state index < -0.39 is 0 Å². The van der Waals surface area contributed by atoms with Crippen molar-refractivity contribution in [3.05, 3.63) is 56.5 Å². The van der Waals surface area contributed by atoms with E-state index >= 15 is 0 Å². The fourth-order valence-corrected chi connectivity index (χ4v) is 4.11. The van der Waals surface area contributed by atoms with Gasteiger partial charge in [-0.15, -0.1) is 11.3 Å². The summed E-state index contributed by atoms with van der Waals surface area (Å²) in [5.74, 6) is -0.397. The van der Waals surface area contributed by atoms with Crippen LogP contribution in [0.25, 0.3) is 0 Å². The van der Waals surface area contributed by atoms with E-state index in [0.29, 0.717) is 54.7 Å². The van der Waals surface area contributed by atoms with E-state index in [-0.39, 0.29) is 17.6 Å². The summed E-state index contributed by atoms with van der Waals surface area (Å²) < 4.78 is 13.9. The standard InChI is InChI=1S/C19H21ClFN3O2S/c1-13(25)22-11-14-5-6-18(27-14)19(26)24-9-7-23(8-10-24)12-15-16(20)3-2-4-17(15)21/h2-6H,7-12H2,1H3,(H,22,25).